The van der Waals surface area contributed by atoms with Crippen LogP contribution in [0.15, 0.2) is 48.2 Å². The van der Waals surface area contributed by atoms with Gasteiger partial charge in [-0.25, -0.2) is 9.59 Å². The van der Waals surface area contributed by atoms with E-state index in [1.807, 2.05) is 6.07 Å². The van der Waals surface area contributed by atoms with E-state index in [9.17, 15) is 14.4 Å². The molecule has 2 N–H and O–H groups in total. The van der Waals surface area contributed by atoms with Gasteiger partial charge in [0.25, 0.3) is 5.91 Å². The number of nitrogens with zero attached hydrogens (tertiary/aromatic N) is 1. The van der Waals surface area contributed by atoms with Crippen LogP contribution in [0, 0.1) is 3.57 Å². The van der Waals surface area contributed by atoms with Gasteiger partial charge in [0.1, 0.15) is 18.1 Å². The molecule has 0 saturated carbocycles. The number of likely N-dealkylation sites (N-methyl/N-ethyl adjacent to an activating group) is 1. The molecule has 0 atom stereocenters. The van der Waals surface area contributed by atoms with E-state index in [0.717, 1.165) is 19.6 Å². The number of nitrogens with one attached hydrogen (secondary N) is 1. The molecule has 1 fully saturated rings. The molecule has 8 heteroatoms. The Kier molecular flexibility index (Phi) is 5.98. The van der Waals surface area contributed by atoms with E-state index < -0.39 is 12.0 Å². The Bertz CT molecular complexity index is 969. The maximum absolute atomic E-state index is 12.1. The lowest BCUT2D eigenvalue weighted by molar-refractivity contribution is -0.122. The molecule has 1 saturated heterocycles. The predicted octanol–water partition coefficient (Wildman–Crippen LogP) is 3.48. The molecule has 1 aliphatic rings. The van der Waals surface area contributed by atoms with Gasteiger partial charge < -0.3 is 15.2 Å². The fourth-order valence-corrected chi connectivity index (χ4v) is 3.35. The second kappa shape index (κ2) is 8.42. The molecule has 0 unspecified atom stereocenters. The summed E-state index contributed by atoms with van der Waals surface area (Å²) >= 11 is 2.14. The monoisotopic (exact) mass is 492 g/mol. The fraction of sp³-hybridized carbons (Fsp3) is 0.150. The molecule has 0 spiro atoms. The molecular formula is C20H17IN2O5. The molecule has 2 aromatic rings. The molecule has 0 aromatic heterocycles. The van der Waals surface area contributed by atoms with E-state index in [4.69, 9.17) is 9.84 Å². The number of benzene rings is 2. The fourth-order valence-electron chi connectivity index (χ4n) is 2.65. The van der Waals surface area contributed by atoms with Crippen molar-refractivity contribution in [3.05, 3.63) is 68.4 Å². The number of aromatic carboxylic acids is 1. The average molecular weight is 492 g/mol. The molecule has 28 heavy (non-hydrogen) atoms. The van der Waals surface area contributed by atoms with Crippen LogP contribution in [-0.2, 0) is 11.4 Å². The van der Waals surface area contributed by atoms with Crippen molar-refractivity contribution in [1.82, 2.24) is 10.2 Å². The minimum Gasteiger partial charge on any atom is -0.488 e. The minimum atomic E-state index is -0.967. The third-order valence-electron chi connectivity index (χ3n) is 4.14. The van der Waals surface area contributed by atoms with E-state index >= 15 is 0 Å². The number of carboxylic acids is 1. The maximum Gasteiger partial charge on any atom is 0.335 e. The lowest BCUT2D eigenvalue weighted by atomic mass is 10.1. The molecule has 2 aromatic carbocycles. The summed E-state index contributed by atoms with van der Waals surface area (Å²) in [7, 11) is 0. The zero-order valence-electron chi connectivity index (χ0n) is 14.9. The molecule has 0 radical (unpaired) electrons. The predicted molar refractivity (Wildman–Crippen MR) is 111 cm³/mol. The Hall–Kier alpha value is -2.88. The number of amides is 3. The van der Waals surface area contributed by atoms with Gasteiger partial charge in [-0.1, -0.05) is 18.2 Å². The van der Waals surface area contributed by atoms with Gasteiger partial charge in [0.15, 0.2) is 0 Å². The highest BCUT2D eigenvalue weighted by molar-refractivity contribution is 14.1. The first-order valence-corrected chi connectivity index (χ1v) is 9.56. The quantitative estimate of drug-likeness (QED) is 0.366. The summed E-state index contributed by atoms with van der Waals surface area (Å²) < 4.78 is 6.65. The van der Waals surface area contributed by atoms with Gasteiger partial charge >= 0.3 is 12.0 Å². The molecule has 7 nitrogen and oxygen atoms in total. The SMILES string of the molecule is CCN1C(=O)NC(=Cc2ccc(OCc3ccc(C(=O)O)cc3)c(I)c2)C1=O. The van der Waals surface area contributed by atoms with Gasteiger partial charge in [0.2, 0.25) is 0 Å². The van der Waals surface area contributed by atoms with Crippen LogP contribution in [0.4, 0.5) is 4.79 Å². The van der Waals surface area contributed by atoms with Gasteiger partial charge in [0, 0.05) is 6.54 Å². The number of imide groups is 1. The Morgan fingerprint density at radius 1 is 1.21 bits per heavy atom. The number of hydrogen-bond acceptors (Lipinski definition) is 4. The van der Waals surface area contributed by atoms with Crippen LogP contribution in [0.2, 0.25) is 0 Å². The lowest BCUT2D eigenvalue weighted by Crippen LogP contribution is -2.30. The van der Waals surface area contributed by atoms with E-state index in [1.165, 1.54) is 12.1 Å². The third kappa shape index (κ3) is 4.33. The van der Waals surface area contributed by atoms with Crippen molar-refractivity contribution in [1.29, 1.82) is 0 Å². The Morgan fingerprint density at radius 2 is 1.93 bits per heavy atom. The first-order valence-electron chi connectivity index (χ1n) is 8.48. The van der Waals surface area contributed by atoms with Gasteiger partial charge in [-0.2, -0.15) is 0 Å². The van der Waals surface area contributed by atoms with Crippen molar-refractivity contribution in [2.75, 3.05) is 6.54 Å². The normalized spacial score (nSPS) is 15.1. The molecule has 1 heterocycles. The highest BCUT2D eigenvalue weighted by atomic mass is 127. The van der Waals surface area contributed by atoms with Gasteiger partial charge in [-0.05, 0) is 71.0 Å². The molecule has 3 amide bonds. The largest absolute Gasteiger partial charge is 0.488 e. The van der Waals surface area contributed by atoms with Crippen LogP contribution in [0.1, 0.15) is 28.4 Å². The highest BCUT2D eigenvalue weighted by Crippen LogP contribution is 2.25. The van der Waals surface area contributed by atoms with Crippen LogP contribution in [0.25, 0.3) is 6.08 Å². The van der Waals surface area contributed by atoms with Crippen LogP contribution in [-0.4, -0.2) is 34.5 Å². The summed E-state index contributed by atoms with van der Waals surface area (Å²) in [6.45, 7) is 2.36. The van der Waals surface area contributed by atoms with E-state index in [2.05, 4.69) is 27.9 Å². The number of halogens is 1. The van der Waals surface area contributed by atoms with Crippen molar-refractivity contribution >= 4 is 46.6 Å². The minimum absolute atomic E-state index is 0.228. The molecule has 3 rings (SSSR count). The van der Waals surface area contributed by atoms with Crippen LogP contribution in [0.5, 0.6) is 5.75 Å². The number of carboxylic acid groups (broad SMARTS) is 1. The van der Waals surface area contributed by atoms with Crippen molar-refractivity contribution < 1.29 is 24.2 Å². The lowest BCUT2D eigenvalue weighted by Gasteiger charge is -2.09. The second-order valence-corrected chi connectivity index (χ2v) is 7.18. The zero-order chi connectivity index (χ0) is 20.3. The summed E-state index contributed by atoms with van der Waals surface area (Å²) in [6.07, 6.45) is 1.63. The van der Waals surface area contributed by atoms with E-state index in [-0.39, 0.29) is 17.2 Å². The molecule has 0 aliphatic carbocycles. The molecule has 0 bridgehead atoms. The number of hydrogen-bond donors (Lipinski definition) is 2. The Morgan fingerprint density at radius 3 is 2.50 bits per heavy atom. The second-order valence-electron chi connectivity index (χ2n) is 6.02. The van der Waals surface area contributed by atoms with E-state index in [0.29, 0.717) is 18.9 Å². The highest BCUT2D eigenvalue weighted by Gasteiger charge is 2.31. The molecule has 144 valence electrons. The van der Waals surface area contributed by atoms with Crippen molar-refractivity contribution in [3.63, 3.8) is 0 Å². The van der Waals surface area contributed by atoms with Crippen LogP contribution in [0.3, 0.4) is 0 Å². The number of carbonyl (C=O) groups is 3. The van der Waals surface area contributed by atoms with Crippen molar-refractivity contribution in [2.45, 2.75) is 13.5 Å². The van der Waals surface area contributed by atoms with Crippen LogP contribution >= 0.6 is 22.6 Å². The summed E-state index contributed by atoms with van der Waals surface area (Å²) in [6, 6.07) is 11.5. The number of ether oxygens (including phenoxy) is 1. The maximum atomic E-state index is 12.1. The summed E-state index contributed by atoms with van der Waals surface area (Å²) in [4.78, 5) is 35.9. The standard InChI is InChI=1S/C20H17IN2O5/c1-2-23-18(24)16(22-20(23)27)10-13-5-8-17(15(21)9-13)28-11-12-3-6-14(7-4-12)19(25)26/h3-10H,2,11H2,1H3,(H,22,27)(H,25,26). The zero-order valence-corrected chi connectivity index (χ0v) is 17.1. The Labute approximate surface area is 175 Å². The summed E-state index contributed by atoms with van der Waals surface area (Å²) in [5.41, 5.74) is 2.09. The third-order valence-corrected chi connectivity index (χ3v) is 4.98. The van der Waals surface area contributed by atoms with Crippen molar-refractivity contribution in [2.24, 2.45) is 0 Å². The first-order chi connectivity index (χ1) is 13.4. The molecule has 1 aliphatic heterocycles. The number of carbonyl (C=O) groups excluding carboxylic acids is 2. The Balaban J connectivity index is 1.69. The van der Waals surface area contributed by atoms with Crippen LogP contribution < -0.4 is 10.1 Å². The number of urea groups is 1. The number of rotatable bonds is 6. The average Bonchev–Trinajstić information content (AvgIpc) is 2.94. The topological polar surface area (TPSA) is 95.9 Å². The van der Waals surface area contributed by atoms with Gasteiger partial charge in [-0.15, -0.1) is 0 Å². The van der Waals surface area contributed by atoms with Crippen molar-refractivity contribution in [3.8, 4) is 5.75 Å². The molecular weight excluding hydrogens is 475 g/mol. The smallest absolute Gasteiger partial charge is 0.335 e. The first kappa shape index (κ1) is 19.9. The van der Waals surface area contributed by atoms with Gasteiger partial charge in [0.05, 0.1) is 9.13 Å². The summed E-state index contributed by atoms with van der Waals surface area (Å²) in [5, 5.41) is 11.5. The summed E-state index contributed by atoms with van der Waals surface area (Å²) in [5.74, 6) is -0.639. The van der Waals surface area contributed by atoms with Gasteiger partial charge in [-0.3, -0.25) is 9.69 Å². The van der Waals surface area contributed by atoms with E-state index in [1.54, 1.807) is 37.3 Å².